The van der Waals surface area contributed by atoms with Crippen LogP contribution in [-0.2, 0) is 4.79 Å². The number of nitrogens with two attached hydrogens (primary N) is 2. The second-order valence-corrected chi connectivity index (χ2v) is 3.53. The van der Waals surface area contributed by atoms with Gasteiger partial charge < -0.3 is 16.6 Å². The average molecular weight is 178 g/mol. The summed E-state index contributed by atoms with van der Waals surface area (Å²) in [4.78, 5) is 10.2. The zero-order chi connectivity index (χ0) is 8.85. The maximum Gasteiger partial charge on any atom is 0.321 e. The van der Waals surface area contributed by atoms with E-state index in [0.29, 0.717) is 5.75 Å². The molecule has 0 aromatic heterocycles. The highest BCUT2D eigenvalue weighted by Gasteiger charge is 2.10. The van der Waals surface area contributed by atoms with Crippen molar-refractivity contribution in [2.75, 3.05) is 11.5 Å². The first-order chi connectivity index (χ1) is 5.04. The lowest BCUT2D eigenvalue weighted by atomic mass is 10.4. The first-order valence-electron chi connectivity index (χ1n) is 3.35. The van der Waals surface area contributed by atoms with E-state index in [2.05, 4.69) is 0 Å². The van der Waals surface area contributed by atoms with Crippen molar-refractivity contribution in [1.29, 1.82) is 0 Å². The van der Waals surface area contributed by atoms with Crippen LogP contribution in [0.5, 0.6) is 0 Å². The van der Waals surface area contributed by atoms with Gasteiger partial charge in [-0.25, -0.2) is 0 Å². The van der Waals surface area contributed by atoms with Crippen molar-refractivity contribution in [3.63, 3.8) is 0 Å². The molecule has 0 aliphatic carbocycles. The third kappa shape index (κ3) is 6.15. The highest BCUT2D eigenvalue weighted by atomic mass is 32.2. The molecule has 66 valence electrons. The molecular formula is C6H14N2O2S. The molecule has 0 aliphatic rings. The summed E-state index contributed by atoms with van der Waals surface area (Å²) in [6, 6.07) is -0.667. The predicted molar refractivity (Wildman–Crippen MR) is 46.6 cm³/mol. The van der Waals surface area contributed by atoms with Gasteiger partial charge in [0, 0.05) is 17.5 Å². The Kier molecular flexibility index (Phi) is 5.27. The molecule has 5 heteroatoms. The van der Waals surface area contributed by atoms with Crippen LogP contribution in [0.1, 0.15) is 6.92 Å². The van der Waals surface area contributed by atoms with E-state index in [4.69, 9.17) is 16.6 Å². The average Bonchev–Trinajstić information content (AvgIpc) is 1.86. The molecule has 2 atom stereocenters. The van der Waals surface area contributed by atoms with Crippen LogP contribution in [0.3, 0.4) is 0 Å². The van der Waals surface area contributed by atoms with Gasteiger partial charge in [-0.1, -0.05) is 0 Å². The number of aliphatic carboxylic acids is 1. The van der Waals surface area contributed by atoms with E-state index in [1.54, 1.807) is 0 Å². The van der Waals surface area contributed by atoms with E-state index in [1.165, 1.54) is 11.8 Å². The summed E-state index contributed by atoms with van der Waals surface area (Å²) < 4.78 is 0. The number of hydrogen-bond acceptors (Lipinski definition) is 4. The molecule has 4 nitrogen and oxygen atoms in total. The Morgan fingerprint density at radius 3 is 2.45 bits per heavy atom. The van der Waals surface area contributed by atoms with Gasteiger partial charge in [0.05, 0.1) is 0 Å². The van der Waals surface area contributed by atoms with Gasteiger partial charge in [-0.15, -0.1) is 0 Å². The third-order valence-electron chi connectivity index (χ3n) is 0.995. The highest BCUT2D eigenvalue weighted by Crippen LogP contribution is 2.02. The predicted octanol–water partition coefficient (Wildman–Crippen LogP) is -0.521. The minimum absolute atomic E-state index is 0.0981. The van der Waals surface area contributed by atoms with Crippen molar-refractivity contribution in [3.05, 3.63) is 0 Å². The van der Waals surface area contributed by atoms with E-state index in [0.717, 1.165) is 5.75 Å². The van der Waals surface area contributed by atoms with E-state index < -0.39 is 12.0 Å². The fourth-order valence-corrected chi connectivity index (χ4v) is 1.36. The second kappa shape index (κ2) is 5.40. The number of thioether (sulfide) groups is 1. The topological polar surface area (TPSA) is 89.3 Å². The van der Waals surface area contributed by atoms with Crippen molar-refractivity contribution in [2.24, 2.45) is 11.5 Å². The highest BCUT2D eigenvalue weighted by molar-refractivity contribution is 7.99. The van der Waals surface area contributed by atoms with Crippen molar-refractivity contribution < 1.29 is 9.90 Å². The lowest BCUT2D eigenvalue weighted by molar-refractivity contribution is -0.137. The maximum absolute atomic E-state index is 10.2. The largest absolute Gasteiger partial charge is 0.480 e. The molecule has 5 N–H and O–H groups in total. The number of rotatable bonds is 5. The summed E-state index contributed by atoms with van der Waals surface area (Å²) in [5, 5.41) is 8.38. The van der Waals surface area contributed by atoms with Crippen LogP contribution in [0.4, 0.5) is 0 Å². The molecular weight excluding hydrogens is 164 g/mol. The van der Waals surface area contributed by atoms with Crippen LogP contribution in [0.2, 0.25) is 0 Å². The lowest BCUT2D eigenvalue weighted by Gasteiger charge is -2.07. The Hall–Kier alpha value is -0.260. The van der Waals surface area contributed by atoms with Crippen molar-refractivity contribution in [3.8, 4) is 0 Å². The zero-order valence-corrected chi connectivity index (χ0v) is 7.30. The Morgan fingerprint density at radius 2 is 2.09 bits per heavy atom. The van der Waals surface area contributed by atoms with Crippen LogP contribution in [0, 0.1) is 0 Å². The molecule has 0 unspecified atom stereocenters. The summed E-state index contributed by atoms with van der Waals surface area (Å²) in [7, 11) is 0. The molecule has 0 rings (SSSR count). The van der Waals surface area contributed by atoms with Crippen LogP contribution in [0.25, 0.3) is 0 Å². The van der Waals surface area contributed by atoms with E-state index in [9.17, 15) is 4.79 Å². The Labute approximate surface area is 70.3 Å². The number of carbonyl (C=O) groups is 1. The second-order valence-electron chi connectivity index (χ2n) is 2.46. The van der Waals surface area contributed by atoms with Crippen LogP contribution in [-0.4, -0.2) is 34.7 Å². The molecule has 0 bridgehead atoms. The smallest absolute Gasteiger partial charge is 0.321 e. The van der Waals surface area contributed by atoms with Gasteiger partial charge in [-0.05, 0) is 6.92 Å². The molecule has 0 radical (unpaired) electrons. The van der Waals surface area contributed by atoms with Crippen molar-refractivity contribution >= 4 is 17.7 Å². The molecule has 0 fully saturated rings. The van der Waals surface area contributed by atoms with Gasteiger partial charge in [-0.3, -0.25) is 4.79 Å². The van der Waals surface area contributed by atoms with Crippen molar-refractivity contribution in [1.82, 2.24) is 0 Å². The monoisotopic (exact) mass is 178 g/mol. The molecule has 11 heavy (non-hydrogen) atoms. The molecule has 0 heterocycles. The summed E-state index contributed by atoms with van der Waals surface area (Å²) >= 11 is 1.47. The number of carboxylic acids is 1. The summed E-state index contributed by atoms with van der Waals surface area (Å²) in [6.45, 7) is 1.87. The van der Waals surface area contributed by atoms with E-state index in [-0.39, 0.29) is 6.04 Å². The summed E-state index contributed by atoms with van der Waals surface area (Å²) in [5.41, 5.74) is 10.7. The quantitative estimate of drug-likeness (QED) is 0.527. The fraction of sp³-hybridized carbons (Fsp3) is 0.833. The molecule has 0 saturated carbocycles. The molecule has 0 saturated heterocycles. The minimum Gasteiger partial charge on any atom is -0.480 e. The van der Waals surface area contributed by atoms with Gasteiger partial charge in [0.1, 0.15) is 6.04 Å². The maximum atomic E-state index is 10.2. The van der Waals surface area contributed by atoms with Crippen LogP contribution in [0.15, 0.2) is 0 Å². The van der Waals surface area contributed by atoms with Gasteiger partial charge in [0.15, 0.2) is 0 Å². The van der Waals surface area contributed by atoms with Gasteiger partial charge in [-0.2, -0.15) is 11.8 Å². The van der Waals surface area contributed by atoms with Gasteiger partial charge in [0.25, 0.3) is 0 Å². The number of carboxylic acid groups (broad SMARTS) is 1. The molecule has 0 amide bonds. The Morgan fingerprint density at radius 1 is 1.55 bits per heavy atom. The van der Waals surface area contributed by atoms with Crippen LogP contribution >= 0.6 is 11.8 Å². The molecule has 0 aromatic rings. The lowest BCUT2D eigenvalue weighted by Crippen LogP contribution is -2.33. The zero-order valence-electron chi connectivity index (χ0n) is 6.49. The van der Waals surface area contributed by atoms with Crippen molar-refractivity contribution in [2.45, 2.75) is 19.0 Å². The Balaban J connectivity index is 3.31. The molecule has 0 spiro atoms. The van der Waals surface area contributed by atoms with Gasteiger partial charge in [0.2, 0.25) is 0 Å². The first-order valence-corrected chi connectivity index (χ1v) is 4.51. The van der Waals surface area contributed by atoms with Gasteiger partial charge >= 0.3 is 5.97 Å². The standard InChI is InChI=1S/C6H14N2O2S/c1-4(7)2-11-3-5(8)6(9)10/h4-5H,2-3,7-8H2,1H3,(H,9,10)/t4-,5-/m0/s1. The molecule has 0 aromatic carbocycles. The Bertz CT molecular complexity index is 130. The number of hydrogen-bond donors (Lipinski definition) is 3. The third-order valence-corrected chi connectivity index (χ3v) is 2.35. The minimum atomic E-state index is -0.956. The van der Waals surface area contributed by atoms with E-state index >= 15 is 0 Å². The first kappa shape index (κ1) is 10.7. The van der Waals surface area contributed by atoms with E-state index in [1.807, 2.05) is 6.92 Å². The summed E-state index contributed by atoms with van der Waals surface area (Å²) in [5.74, 6) is 0.222. The molecule has 0 aliphatic heterocycles. The fourth-order valence-electron chi connectivity index (χ4n) is 0.452. The van der Waals surface area contributed by atoms with Crippen LogP contribution < -0.4 is 11.5 Å². The normalized spacial score (nSPS) is 15.9. The SMILES string of the molecule is C[C@H](N)CSC[C@H](N)C(=O)O. The summed E-state index contributed by atoms with van der Waals surface area (Å²) in [6.07, 6.45) is 0.